The molecule has 5 rings (SSSR count). The topological polar surface area (TPSA) is 130 Å². The zero-order valence-electron chi connectivity index (χ0n) is 30.9. The minimum Gasteiger partial charge on any atom is -0.444 e. The monoisotopic (exact) mass is 739 g/mol. The van der Waals surface area contributed by atoms with Crippen LogP contribution in [-0.4, -0.2) is 139 Å². The highest BCUT2D eigenvalue weighted by Gasteiger charge is 2.37. The summed E-state index contributed by atoms with van der Waals surface area (Å²) in [4.78, 5) is 56.8. The van der Waals surface area contributed by atoms with Crippen molar-refractivity contribution < 1.29 is 42.5 Å². The lowest BCUT2D eigenvalue weighted by atomic mass is 10.0. The fourth-order valence-corrected chi connectivity index (χ4v) is 6.62. The molecule has 51 heavy (non-hydrogen) atoms. The highest BCUT2D eigenvalue weighted by atomic mass is 35.5. The number of carbonyl (C=O) groups is 4. The quantitative estimate of drug-likeness (QED) is 0.446. The van der Waals surface area contributed by atoms with Gasteiger partial charge in [-0.25, -0.2) is 14.0 Å². The van der Waals surface area contributed by atoms with Crippen molar-refractivity contribution in [2.24, 2.45) is 0 Å². The van der Waals surface area contributed by atoms with Crippen molar-refractivity contribution in [3.05, 3.63) is 29.0 Å². The summed E-state index contributed by atoms with van der Waals surface area (Å²) in [6, 6.07) is 3.30. The van der Waals surface area contributed by atoms with Crippen molar-refractivity contribution in [3.8, 4) is 0 Å². The molecule has 4 heterocycles. The van der Waals surface area contributed by atoms with E-state index in [9.17, 15) is 23.6 Å². The molecule has 1 aromatic carbocycles. The summed E-state index contributed by atoms with van der Waals surface area (Å²) in [5.74, 6) is -0.391. The molecule has 4 saturated heterocycles. The summed E-state index contributed by atoms with van der Waals surface area (Å²) < 4.78 is 35.8. The fraction of sp³-hybridized carbons (Fsp3) is 0.722. The smallest absolute Gasteiger partial charge is 0.410 e. The van der Waals surface area contributed by atoms with Crippen LogP contribution in [0.2, 0.25) is 5.02 Å². The van der Waals surface area contributed by atoms with Gasteiger partial charge in [-0.15, -0.1) is 0 Å². The third kappa shape index (κ3) is 12.7. The molecule has 0 radical (unpaired) electrons. The maximum atomic E-state index is 13.6. The Kier molecular flexibility index (Phi) is 14.2. The number of piperidine rings is 2. The molecule has 4 amide bonds. The standard InChI is InChI=1S/C21H29ClFN3O4.C15H26N2O4/c1-21(2,3)30-20(28)25-7-8-29-13-17(12-25)26-6-4-5-18(19(26)27)24-16-10-14(22)9-15(23)11-16;1-15(2,3)21-14(19)16-8-9-20-11-12(10-16)17-7-5-4-6-13(17)18/h9-11,17-18,24H,4-8,12-13H2,1-3H3;12H,4-11H2,1-3H3. The van der Waals surface area contributed by atoms with Crippen molar-refractivity contribution in [2.45, 2.75) is 103 Å². The van der Waals surface area contributed by atoms with Crippen molar-refractivity contribution in [3.63, 3.8) is 0 Å². The average Bonchev–Trinajstić information content (AvgIpc) is 3.43. The lowest BCUT2D eigenvalue weighted by molar-refractivity contribution is -0.138. The Balaban J connectivity index is 0.000000244. The molecule has 15 heteroatoms. The highest BCUT2D eigenvalue weighted by molar-refractivity contribution is 6.30. The van der Waals surface area contributed by atoms with Crippen molar-refractivity contribution in [2.75, 3.05) is 71.0 Å². The summed E-state index contributed by atoms with van der Waals surface area (Å²) in [6.07, 6.45) is 3.26. The zero-order chi connectivity index (χ0) is 37.3. The molecule has 286 valence electrons. The van der Waals surface area contributed by atoms with Gasteiger partial charge in [0.25, 0.3) is 0 Å². The molecule has 1 N–H and O–H groups in total. The maximum absolute atomic E-state index is 13.6. The molecule has 4 aliphatic rings. The predicted octanol–water partition coefficient (Wildman–Crippen LogP) is 5.15. The van der Waals surface area contributed by atoms with E-state index in [-0.39, 0.29) is 35.0 Å². The van der Waals surface area contributed by atoms with E-state index in [2.05, 4.69) is 5.32 Å². The van der Waals surface area contributed by atoms with Crippen LogP contribution in [0.3, 0.4) is 0 Å². The molecule has 0 saturated carbocycles. The SMILES string of the molecule is CC(C)(C)OC(=O)N1CCOCC(N2CCCC(Nc3cc(F)cc(Cl)c3)C2=O)C1.CC(C)(C)OC(=O)N1CCOCC(N2CCCCC2=O)C1. The van der Waals surface area contributed by atoms with Crippen LogP contribution < -0.4 is 5.32 Å². The number of hydrogen-bond acceptors (Lipinski definition) is 9. The van der Waals surface area contributed by atoms with E-state index < -0.39 is 29.2 Å². The molecule has 4 fully saturated rings. The van der Waals surface area contributed by atoms with Gasteiger partial charge in [-0.2, -0.15) is 0 Å². The van der Waals surface area contributed by atoms with Crippen LogP contribution in [-0.2, 0) is 28.5 Å². The zero-order valence-corrected chi connectivity index (χ0v) is 31.6. The van der Waals surface area contributed by atoms with Gasteiger partial charge in [0, 0.05) is 56.4 Å². The number of carbonyl (C=O) groups excluding carboxylic acids is 4. The van der Waals surface area contributed by atoms with E-state index in [0.717, 1.165) is 25.8 Å². The van der Waals surface area contributed by atoms with Crippen LogP contribution in [0.1, 0.15) is 73.6 Å². The number of amides is 4. The van der Waals surface area contributed by atoms with Gasteiger partial charge >= 0.3 is 12.2 Å². The van der Waals surface area contributed by atoms with Gasteiger partial charge in [0.2, 0.25) is 11.8 Å². The second-order valence-corrected chi connectivity index (χ2v) is 15.8. The second kappa shape index (κ2) is 17.9. The largest absolute Gasteiger partial charge is 0.444 e. The second-order valence-electron chi connectivity index (χ2n) is 15.4. The van der Waals surface area contributed by atoms with Crippen LogP contribution in [0.4, 0.5) is 19.7 Å². The molecular formula is C36H55ClFN5O8. The number of benzene rings is 1. The van der Waals surface area contributed by atoms with Gasteiger partial charge in [-0.05, 0) is 85.4 Å². The summed E-state index contributed by atoms with van der Waals surface area (Å²) in [6.45, 7) is 15.8. The first-order chi connectivity index (χ1) is 24.0. The van der Waals surface area contributed by atoms with Gasteiger partial charge in [-0.3, -0.25) is 9.59 Å². The van der Waals surface area contributed by atoms with Crippen LogP contribution in [0.15, 0.2) is 18.2 Å². The molecule has 3 atom stereocenters. The summed E-state index contributed by atoms with van der Waals surface area (Å²) in [7, 11) is 0. The predicted molar refractivity (Wildman–Crippen MR) is 190 cm³/mol. The Labute approximate surface area is 306 Å². The first-order valence-electron chi connectivity index (χ1n) is 17.9. The Morgan fingerprint density at radius 3 is 1.88 bits per heavy atom. The third-order valence-corrected chi connectivity index (χ3v) is 8.93. The van der Waals surface area contributed by atoms with Gasteiger partial charge in [0.1, 0.15) is 23.1 Å². The normalized spacial score (nSPS) is 23.8. The third-order valence-electron chi connectivity index (χ3n) is 8.72. The summed E-state index contributed by atoms with van der Waals surface area (Å²) in [5, 5.41) is 3.37. The van der Waals surface area contributed by atoms with E-state index in [0.29, 0.717) is 77.7 Å². The van der Waals surface area contributed by atoms with Crippen LogP contribution >= 0.6 is 11.6 Å². The number of anilines is 1. The number of likely N-dealkylation sites (tertiary alicyclic amines) is 2. The fourth-order valence-electron chi connectivity index (χ4n) is 6.39. The van der Waals surface area contributed by atoms with Crippen molar-refractivity contribution in [1.82, 2.24) is 19.6 Å². The van der Waals surface area contributed by atoms with Crippen LogP contribution in [0.5, 0.6) is 0 Å². The van der Waals surface area contributed by atoms with Gasteiger partial charge in [-0.1, -0.05) is 11.6 Å². The molecule has 13 nitrogen and oxygen atoms in total. The Morgan fingerprint density at radius 2 is 1.35 bits per heavy atom. The summed E-state index contributed by atoms with van der Waals surface area (Å²) in [5.41, 5.74) is -0.643. The Morgan fingerprint density at radius 1 is 0.804 bits per heavy atom. The molecular weight excluding hydrogens is 685 g/mol. The van der Waals surface area contributed by atoms with E-state index >= 15 is 0 Å². The lowest BCUT2D eigenvalue weighted by Gasteiger charge is -2.39. The van der Waals surface area contributed by atoms with E-state index in [1.807, 2.05) is 46.4 Å². The van der Waals surface area contributed by atoms with Crippen molar-refractivity contribution in [1.29, 1.82) is 0 Å². The van der Waals surface area contributed by atoms with E-state index in [4.69, 9.17) is 30.5 Å². The number of nitrogens with zero attached hydrogens (tertiary/aromatic N) is 4. The van der Waals surface area contributed by atoms with E-state index in [1.54, 1.807) is 20.8 Å². The highest BCUT2D eigenvalue weighted by Crippen LogP contribution is 2.24. The van der Waals surface area contributed by atoms with Crippen LogP contribution in [0, 0.1) is 5.82 Å². The van der Waals surface area contributed by atoms with Crippen molar-refractivity contribution >= 4 is 41.3 Å². The Bertz CT molecular complexity index is 1350. The minimum absolute atomic E-state index is 0.0622. The maximum Gasteiger partial charge on any atom is 0.410 e. The molecule has 0 aromatic heterocycles. The van der Waals surface area contributed by atoms with E-state index in [1.165, 1.54) is 12.1 Å². The number of ether oxygens (including phenoxy) is 4. The van der Waals surface area contributed by atoms with Gasteiger partial charge < -0.3 is 43.9 Å². The molecule has 3 unspecified atom stereocenters. The first-order valence-corrected chi connectivity index (χ1v) is 18.3. The molecule has 0 spiro atoms. The number of halogens is 2. The Hall–Kier alpha value is -3.36. The molecule has 0 aliphatic carbocycles. The number of hydrogen-bond donors (Lipinski definition) is 1. The van der Waals surface area contributed by atoms with Gasteiger partial charge in [0.15, 0.2) is 0 Å². The first kappa shape index (κ1) is 40.4. The molecule has 0 bridgehead atoms. The lowest BCUT2D eigenvalue weighted by Crippen LogP contribution is -2.56. The number of rotatable bonds is 4. The molecule has 4 aliphatic heterocycles. The molecule has 1 aromatic rings. The summed E-state index contributed by atoms with van der Waals surface area (Å²) >= 11 is 5.92. The average molecular weight is 740 g/mol. The van der Waals surface area contributed by atoms with Crippen LogP contribution in [0.25, 0.3) is 0 Å². The number of nitrogens with one attached hydrogen (secondary N) is 1. The van der Waals surface area contributed by atoms with Gasteiger partial charge in [0.05, 0.1) is 38.5 Å². The minimum atomic E-state index is -0.595.